The van der Waals surface area contributed by atoms with Crippen molar-refractivity contribution >= 4 is 11.7 Å². The smallest absolute Gasteiger partial charge is 0.227 e. The first-order chi connectivity index (χ1) is 10.2. The molecule has 1 atom stereocenters. The van der Waals surface area contributed by atoms with E-state index < -0.39 is 0 Å². The van der Waals surface area contributed by atoms with E-state index in [0.29, 0.717) is 25.9 Å². The molecule has 1 N–H and O–H groups in total. The van der Waals surface area contributed by atoms with E-state index in [1.165, 1.54) is 0 Å². The summed E-state index contributed by atoms with van der Waals surface area (Å²) in [4.78, 5) is 16.7. The van der Waals surface area contributed by atoms with Crippen molar-refractivity contribution < 1.29 is 9.90 Å². The molecule has 2 aliphatic heterocycles. The Hall–Kier alpha value is -1.69. The monoisotopic (exact) mass is 290 g/mol. The number of aromatic nitrogens is 2. The van der Waals surface area contributed by atoms with Crippen LogP contribution in [0.3, 0.4) is 0 Å². The second-order valence-electron chi connectivity index (χ2n) is 5.92. The maximum atomic E-state index is 12.6. The molecule has 0 aliphatic carbocycles. The Bertz CT molecular complexity index is 474. The molecule has 2 saturated heterocycles. The number of rotatable bonds is 2. The van der Waals surface area contributed by atoms with Crippen LogP contribution in [0.4, 0.5) is 5.82 Å². The van der Waals surface area contributed by atoms with Gasteiger partial charge in [0.25, 0.3) is 0 Å². The number of carbonyl (C=O) groups excluding carboxylic acids is 1. The van der Waals surface area contributed by atoms with Crippen LogP contribution in [-0.4, -0.2) is 58.4 Å². The predicted octanol–water partition coefficient (Wildman–Crippen LogP) is 0.676. The van der Waals surface area contributed by atoms with Crippen LogP contribution >= 0.6 is 0 Å². The molecule has 0 bridgehead atoms. The van der Waals surface area contributed by atoms with Gasteiger partial charge in [-0.05, 0) is 37.8 Å². The number of aliphatic hydroxyl groups is 1. The highest BCUT2D eigenvalue weighted by Crippen LogP contribution is 2.24. The summed E-state index contributed by atoms with van der Waals surface area (Å²) in [7, 11) is 0. The van der Waals surface area contributed by atoms with Gasteiger partial charge in [-0.2, -0.15) is 5.10 Å². The molecule has 1 aromatic rings. The Balaban J connectivity index is 1.62. The summed E-state index contributed by atoms with van der Waals surface area (Å²) in [5, 5.41) is 17.6. The lowest BCUT2D eigenvalue weighted by molar-refractivity contribution is -0.137. The summed E-state index contributed by atoms with van der Waals surface area (Å²) < 4.78 is 0. The van der Waals surface area contributed by atoms with Crippen molar-refractivity contribution in [3.8, 4) is 0 Å². The van der Waals surface area contributed by atoms with Crippen molar-refractivity contribution in [2.75, 3.05) is 31.1 Å². The van der Waals surface area contributed by atoms with Crippen LogP contribution < -0.4 is 4.90 Å². The van der Waals surface area contributed by atoms with Crippen molar-refractivity contribution in [1.29, 1.82) is 0 Å². The van der Waals surface area contributed by atoms with Crippen LogP contribution in [0.25, 0.3) is 0 Å². The molecule has 0 unspecified atom stereocenters. The SMILES string of the molecule is O=C([C@H]1CCCN(c2cccnn2)C1)N1CCC(O)CC1. The second kappa shape index (κ2) is 6.39. The molecule has 3 rings (SSSR count). The minimum absolute atomic E-state index is 0.0380. The van der Waals surface area contributed by atoms with Gasteiger partial charge >= 0.3 is 0 Å². The lowest BCUT2D eigenvalue weighted by Gasteiger charge is -2.37. The average Bonchev–Trinajstić information content (AvgIpc) is 2.56. The number of piperidine rings is 2. The van der Waals surface area contributed by atoms with Crippen LogP contribution in [0.15, 0.2) is 18.3 Å². The van der Waals surface area contributed by atoms with Crippen molar-refractivity contribution in [1.82, 2.24) is 15.1 Å². The van der Waals surface area contributed by atoms with Gasteiger partial charge in [0.15, 0.2) is 5.82 Å². The molecule has 0 spiro atoms. The highest BCUT2D eigenvalue weighted by atomic mass is 16.3. The highest BCUT2D eigenvalue weighted by Gasteiger charge is 2.31. The van der Waals surface area contributed by atoms with Crippen molar-refractivity contribution in [2.24, 2.45) is 5.92 Å². The van der Waals surface area contributed by atoms with Crippen LogP contribution in [0.5, 0.6) is 0 Å². The van der Waals surface area contributed by atoms with E-state index in [0.717, 1.165) is 31.7 Å². The number of hydrogen-bond donors (Lipinski definition) is 1. The zero-order valence-electron chi connectivity index (χ0n) is 12.2. The third kappa shape index (κ3) is 3.32. The average molecular weight is 290 g/mol. The van der Waals surface area contributed by atoms with Crippen molar-refractivity contribution in [3.05, 3.63) is 18.3 Å². The standard InChI is InChI=1S/C15H22N4O2/c20-13-5-9-18(10-6-13)15(21)12-3-2-8-19(11-12)14-4-1-7-16-17-14/h1,4,7,12-13,20H,2-3,5-6,8-11H2/t12-/m0/s1. The third-order valence-corrected chi connectivity index (χ3v) is 4.43. The number of likely N-dealkylation sites (tertiary alicyclic amines) is 1. The van der Waals surface area contributed by atoms with Crippen LogP contribution in [-0.2, 0) is 4.79 Å². The largest absolute Gasteiger partial charge is 0.393 e. The second-order valence-corrected chi connectivity index (χ2v) is 5.92. The van der Waals surface area contributed by atoms with E-state index in [2.05, 4.69) is 15.1 Å². The normalized spacial score (nSPS) is 24.1. The van der Waals surface area contributed by atoms with Gasteiger partial charge in [-0.3, -0.25) is 4.79 Å². The molecular weight excluding hydrogens is 268 g/mol. The fourth-order valence-electron chi connectivity index (χ4n) is 3.19. The molecule has 1 amide bonds. The number of anilines is 1. The molecule has 114 valence electrons. The molecule has 0 radical (unpaired) electrons. The summed E-state index contributed by atoms with van der Waals surface area (Å²) in [6, 6.07) is 3.82. The quantitative estimate of drug-likeness (QED) is 0.867. The number of amides is 1. The van der Waals surface area contributed by atoms with E-state index in [9.17, 15) is 9.90 Å². The Morgan fingerprint density at radius 2 is 2.05 bits per heavy atom. The lowest BCUT2D eigenvalue weighted by Crippen LogP contribution is -2.48. The minimum atomic E-state index is -0.239. The molecule has 0 saturated carbocycles. The van der Waals surface area contributed by atoms with Gasteiger partial charge in [-0.1, -0.05) is 0 Å². The molecule has 3 heterocycles. The number of carbonyl (C=O) groups is 1. The van der Waals surface area contributed by atoms with E-state index in [-0.39, 0.29) is 17.9 Å². The molecule has 21 heavy (non-hydrogen) atoms. The van der Waals surface area contributed by atoms with E-state index in [1.807, 2.05) is 17.0 Å². The summed E-state index contributed by atoms with van der Waals surface area (Å²) in [5.41, 5.74) is 0. The number of aliphatic hydroxyl groups excluding tert-OH is 1. The Morgan fingerprint density at radius 3 is 2.76 bits per heavy atom. The number of hydrogen-bond acceptors (Lipinski definition) is 5. The fourth-order valence-corrected chi connectivity index (χ4v) is 3.19. The van der Waals surface area contributed by atoms with Gasteiger partial charge in [0.05, 0.1) is 12.0 Å². The first-order valence-corrected chi connectivity index (χ1v) is 7.73. The predicted molar refractivity (Wildman–Crippen MR) is 78.8 cm³/mol. The zero-order valence-corrected chi connectivity index (χ0v) is 12.2. The van der Waals surface area contributed by atoms with Gasteiger partial charge in [-0.15, -0.1) is 5.10 Å². The van der Waals surface area contributed by atoms with E-state index in [1.54, 1.807) is 6.20 Å². The molecule has 0 aromatic carbocycles. The Morgan fingerprint density at radius 1 is 1.24 bits per heavy atom. The molecule has 1 aromatic heterocycles. The maximum Gasteiger partial charge on any atom is 0.227 e. The summed E-state index contributed by atoms with van der Waals surface area (Å²) in [5.74, 6) is 1.12. The zero-order chi connectivity index (χ0) is 14.7. The number of nitrogens with zero attached hydrogens (tertiary/aromatic N) is 4. The summed E-state index contributed by atoms with van der Waals surface area (Å²) >= 11 is 0. The first-order valence-electron chi connectivity index (χ1n) is 7.73. The van der Waals surface area contributed by atoms with Crippen molar-refractivity contribution in [3.63, 3.8) is 0 Å². The van der Waals surface area contributed by atoms with Crippen LogP contribution in [0, 0.1) is 5.92 Å². The molecule has 6 nitrogen and oxygen atoms in total. The van der Waals surface area contributed by atoms with Crippen LogP contribution in [0.1, 0.15) is 25.7 Å². The van der Waals surface area contributed by atoms with Gasteiger partial charge in [0, 0.05) is 32.4 Å². The Labute approximate surface area is 124 Å². The molecule has 2 fully saturated rings. The topological polar surface area (TPSA) is 69.6 Å². The maximum absolute atomic E-state index is 12.6. The lowest BCUT2D eigenvalue weighted by atomic mass is 9.95. The van der Waals surface area contributed by atoms with Gasteiger partial charge in [0.1, 0.15) is 0 Å². The van der Waals surface area contributed by atoms with Gasteiger partial charge in [-0.25, -0.2) is 0 Å². The van der Waals surface area contributed by atoms with Crippen molar-refractivity contribution in [2.45, 2.75) is 31.8 Å². The summed E-state index contributed by atoms with van der Waals surface area (Å²) in [6.07, 6.45) is 4.77. The van der Waals surface area contributed by atoms with Crippen LogP contribution in [0.2, 0.25) is 0 Å². The summed E-state index contributed by atoms with van der Waals surface area (Å²) in [6.45, 7) is 3.01. The molecular formula is C15H22N4O2. The van der Waals surface area contributed by atoms with Gasteiger partial charge < -0.3 is 14.9 Å². The third-order valence-electron chi connectivity index (χ3n) is 4.43. The molecule has 2 aliphatic rings. The Kier molecular flexibility index (Phi) is 4.34. The highest BCUT2D eigenvalue weighted by molar-refractivity contribution is 5.79. The first kappa shape index (κ1) is 14.3. The fraction of sp³-hybridized carbons (Fsp3) is 0.667. The minimum Gasteiger partial charge on any atom is -0.393 e. The van der Waals surface area contributed by atoms with E-state index >= 15 is 0 Å². The van der Waals surface area contributed by atoms with Gasteiger partial charge in [0.2, 0.25) is 5.91 Å². The molecule has 6 heteroatoms. The van der Waals surface area contributed by atoms with E-state index in [4.69, 9.17) is 0 Å².